The van der Waals surface area contributed by atoms with Gasteiger partial charge in [0.2, 0.25) is 5.91 Å². The molecule has 2 aromatic heterocycles. The highest BCUT2D eigenvalue weighted by molar-refractivity contribution is 8.00. The summed E-state index contributed by atoms with van der Waals surface area (Å²) in [5, 5.41) is 9.76. The zero-order valence-corrected chi connectivity index (χ0v) is 17.4. The average Bonchev–Trinajstić information content (AvgIpc) is 2.99. The second-order valence-corrected chi connectivity index (χ2v) is 9.04. The number of aromatic nitrogens is 4. The quantitative estimate of drug-likeness (QED) is 0.607. The number of fused-ring (bicyclic) bond motifs is 1. The fraction of sp³-hybridized carbons (Fsp3) is 0.300. The molecule has 6 nitrogen and oxygen atoms in total. The molecule has 0 saturated heterocycles. The Hall–Kier alpha value is -2.32. The van der Waals surface area contributed by atoms with Crippen molar-refractivity contribution in [2.75, 3.05) is 17.2 Å². The number of amides is 1. The number of nitrogens with zero attached hydrogens (tertiary/aromatic N) is 5. The van der Waals surface area contributed by atoms with E-state index in [0.717, 1.165) is 35.2 Å². The predicted molar refractivity (Wildman–Crippen MR) is 114 cm³/mol. The van der Waals surface area contributed by atoms with Gasteiger partial charge >= 0.3 is 0 Å². The Morgan fingerprint density at radius 3 is 2.82 bits per heavy atom. The predicted octanol–water partition coefficient (Wildman–Crippen LogP) is 3.89. The van der Waals surface area contributed by atoms with Crippen LogP contribution in [0.3, 0.4) is 0 Å². The number of rotatable bonds is 4. The van der Waals surface area contributed by atoms with Crippen LogP contribution in [0.15, 0.2) is 58.8 Å². The molecule has 3 heterocycles. The number of hydrogen-bond donors (Lipinski definition) is 0. The van der Waals surface area contributed by atoms with Gasteiger partial charge in [-0.3, -0.25) is 9.78 Å². The van der Waals surface area contributed by atoms with E-state index in [9.17, 15) is 4.79 Å². The lowest BCUT2D eigenvalue weighted by Crippen LogP contribution is -2.33. The topological polar surface area (TPSA) is 63.9 Å². The minimum absolute atomic E-state index is 0.0978. The second-order valence-electron chi connectivity index (χ2n) is 6.62. The second kappa shape index (κ2) is 8.36. The molecule has 1 aliphatic rings. The van der Waals surface area contributed by atoms with E-state index in [2.05, 4.69) is 28.2 Å². The molecular weight excluding hydrogens is 390 g/mol. The number of anilines is 1. The van der Waals surface area contributed by atoms with Gasteiger partial charge in [-0.1, -0.05) is 30.8 Å². The van der Waals surface area contributed by atoms with E-state index in [1.807, 2.05) is 58.6 Å². The number of carbonyl (C=O) groups excluding carboxylic acids is 1. The molecule has 0 unspecified atom stereocenters. The van der Waals surface area contributed by atoms with Crippen LogP contribution < -0.4 is 4.90 Å². The lowest BCUT2D eigenvalue weighted by atomic mass is 10.2. The van der Waals surface area contributed by atoms with Crippen LogP contribution in [0.2, 0.25) is 0 Å². The standard InChI is InChI=1S/C20H21N5OS2/c1-14-9-12-25(16-5-3-4-6-17(16)28-14)18(26)13-27-20-23-22-19(24(20)2)15-7-10-21-11-8-15/h3-8,10-11,14H,9,12-13H2,1-2H3/t14-/m1/s1. The highest BCUT2D eigenvalue weighted by atomic mass is 32.2. The Balaban J connectivity index is 1.49. The molecule has 0 radical (unpaired) electrons. The van der Waals surface area contributed by atoms with E-state index >= 15 is 0 Å². The van der Waals surface area contributed by atoms with Crippen molar-refractivity contribution in [3.63, 3.8) is 0 Å². The summed E-state index contributed by atoms with van der Waals surface area (Å²) in [6.45, 7) is 2.95. The third kappa shape index (κ3) is 3.93. The number of carbonyl (C=O) groups is 1. The molecule has 8 heteroatoms. The molecule has 3 aromatic rings. The summed E-state index contributed by atoms with van der Waals surface area (Å²) in [4.78, 5) is 20.1. The van der Waals surface area contributed by atoms with Gasteiger partial charge in [-0.2, -0.15) is 0 Å². The molecule has 0 bridgehead atoms. The van der Waals surface area contributed by atoms with Crippen molar-refractivity contribution < 1.29 is 4.79 Å². The van der Waals surface area contributed by atoms with Gasteiger partial charge in [0.25, 0.3) is 0 Å². The Bertz CT molecular complexity index is 976. The first kappa shape index (κ1) is 19.0. The van der Waals surface area contributed by atoms with Gasteiger partial charge in [0.15, 0.2) is 11.0 Å². The first-order chi connectivity index (χ1) is 13.6. The van der Waals surface area contributed by atoms with Crippen molar-refractivity contribution in [2.45, 2.75) is 28.6 Å². The third-order valence-electron chi connectivity index (χ3n) is 4.64. The molecule has 0 aliphatic carbocycles. The lowest BCUT2D eigenvalue weighted by Gasteiger charge is -2.22. The number of para-hydroxylation sites is 1. The van der Waals surface area contributed by atoms with Crippen LogP contribution in [0.25, 0.3) is 11.4 Å². The SMILES string of the molecule is C[C@@H]1CCN(C(=O)CSc2nnc(-c3ccncc3)n2C)c2ccccc2S1. The van der Waals surface area contributed by atoms with Crippen LogP contribution in [-0.2, 0) is 11.8 Å². The molecule has 0 saturated carbocycles. The Morgan fingerprint density at radius 1 is 1.21 bits per heavy atom. The van der Waals surface area contributed by atoms with E-state index in [4.69, 9.17) is 0 Å². The zero-order valence-electron chi connectivity index (χ0n) is 15.8. The highest BCUT2D eigenvalue weighted by Crippen LogP contribution is 2.37. The summed E-state index contributed by atoms with van der Waals surface area (Å²) in [7, 11) is 1.92. The van der Waals surface area contributed by atoms with Gasteiger partial charge < -0.3 is 9.47 Å². The summed E-state index contributed by atoms with van der Waals surface area (Å²) < 4.78 is 1.92. The van der Waals surface area contributed by atoms with E-state index in [0.29, 0.717) is 11.0 Å². The molecule has 1 atom stereocenters. The van der Waals surface area contributed by atoms with E-state index in [-0.39, 0.29) is 5.91 Å². The first-order valence-corrected chi connectivity index (χ1v) is 11.0. The van der Waals surface area contributed by atoms with Gasteiger partial charge in [0.1, 0.15) is 0 Å². The van der Waals surface area contributed by atoms with Crippen LogP contribution >= 0.6 is 23.5 Å². The van der Waals surface area contributed by atoms with Crippen molar-refractivity contribution in [2.24, 2.45) is 7.05 Å². The van der Waals surface area contributed by atoms with Gasteiger partial charge in [-0.25, -0.2) is 0 Å². The Labute approximate surface area is 172 Å². The number of pyridine rings is 1. The molecule has 0 fully saturated rings. The maximum Gasteiger partial charge on any atom is 0.237 e. The van der Waals surface area contributed by atoms with Crippen LogP contribution in [0.5, 0.6) is 0 Å². The average molecular weight is 412 g/mol. The largest absolute Gasteiger partial charge is 0.311 e. The van der Waals surface area contributed by atoms with Crippen LogP contribution in [0.1, 0.15) is 13.3 Å². The van der Waals surface area contributed by atoms with Crippen LogP contribution in [0, 0.1) is 0 Å². The summed E-state index contributed by atoms with van der Waals surface area (Å²) in [5.74, 6) is 1.19. The molecule has 28 heavy (non-hydrogen) atoms. The number of thioether (sulfide) groups is 2. The van der Waals surface area contributed by atoms with E-state index in [1.165, 1.54) is 16.7 Å². The molecular formula is C20H21N5OS2. The molecule has 0 spiro atoms. The lowest BCUT2D eigenvalue weighted by molar-refractivity contribution is -0.116. The number of benzene rings is 1. The van der Waals surface area contributed by atoms with Crippen molar-refractivity contribution in [1.82, 2.24) is 19.7 Å². The number of hydrogen-bond acceptors (Lipinski definition) is 6. The summed E-state index contributed by atoms with van der Waals surface area (Å²) >= 11 is 3.26. The maximum absolute atomic E-state index is 13.0. The molecule has 1 aliphatic heterocycles. The van der Waals surface area contributed by atoms with Crippen LogP contribution in [-0.4, -0.2) is 43.2 Å². The van der Waals surface area contributed by atoms with E-state index in [1.54, 1.807) is 12.4 Å². The van der Waals surface area contributed by atoms with Crippen LogP contribution in [0.4, 0.5) is 5.69 Å². The monoisotopic (exact) mass is 411 g/mol. The minimum atomic E-state index is 0.0978. The fourth-order valence-electron chi connectivity index (χ4n) is 3.14. The zero-order chi connectivity index (χ0) is 19.5. The third-order valence-corrected chi connectivity index (χ3v) is 6.88. The first-order valence-electron chi connectivity index (χ1n) is 9.12. The maximum atomic E-state index is 13.0. The molecule has 4 rings (SSSR count). The molecule has 1 aromatic carbocycles. The minimum Gasteiger partial charge on any atom is -0.311 e. The molecule has 0 N–H and O–H groups in total. The summed E-state index contributed by atoms with van der Waals surface area (Å²) in [6.07, 6.45) is 4.44. The molecule has 144 valence electrons. The molecule has 1 amide bonds. The van der Waals surface area contributed by atoms with Gasteiger partial charge in [0.05, 0.1) is 11.4 Å². The Kier molecular flexibility index (Phi) is 5.68. The normalized spacial score (nSPS) is 16.5. The summed E-state index contributed by atoms with van der Waals surface area (Å²) in [6, 6.07) is 12.0. The summed E-state index contributed by atoms with van der Waals surface area (Å²) in [5.41, 5.74) is 1.97. The van der Waals surface area contributed by atoms with E-state index < -0.39 is 0 Å². The van der Waals surface area contributed by atoms with Gasteiger partial charge in [0, 0.05) is 41.7 Å². The highest BCUT2D eigenvalue weighted by Gasteiger charge is 2.24. The fourth-order valence-corrected chi connectivity index (χ4v) is 5.04. The Morgan fingerprint density at radius 2 is 2.00 bits per heavy atom. The smallest absolute Gasteiger partial charge is 0.237 e. The van der Waals surface area contributed by atoms with Gasteiger partial charge in [-0.05, 0) is 30.7 Å². The van der Waals surface area contributed by atoms with Crippen molar-refractivity contribution in [1.29, 1.82) is 0 Å². The van der Waals surface area contributed by atoms with Crippen molar-refractivity contribution in [3.05, 3.63) is 48.8 Å². The van der Waals surface area contributed by atoms with Crippen molar-refractivity contribution >= 4 is 35.1 Å². The van der Waals surface area contributed by atoms with Gasteiger partial charge in [-0.15, -0.1) is 22.0 Å². The van der Waals surface area contributed by atoms with Crippen molar-refractivity contribution in [3.8, 4) is 11.4 Å².